The maximum absolute atomic E-state index is 9.84. The lowest BCUT2D eigenvalue weighted by Gasteiger charge is -2.37. The summed E-state index contributed by atoms with van der Waals surface area (Å²) in [5.41, 5.74) is 1.83. The van der Waals surface area contributed by atoms with Crippen LogP contribution < -0.4 is 4.74 Å². The first-order valence-corrected chi connectivity index (χ1v) is 9.14. The van der Waals surface area contributed by atoms with Crippen molar-refractivity contribution in [3.05, 3.63) is 29.3 Å². The number of likely N-dealkylation sites (tertiary alicyclic amines) is 1. The molecular weight excluding hydrogens is 302 g/mol. The van der Waals surface area contributed by atoms with Crippen LogP contribution in [0.4, 0.5) is 0 Å². The van der Waals surface area contributed by atoms with Gasteiger partial charge in [-0.05, 0) is 49.8 Å². The van der Waals surface area contributed by atoms with Gasteiger partial charge in [0.1, 0.15) is 5.75 Å². The lowest BCUT2D eigenvalue weighted by Crippen LogP contribution is -2.46. The molecule has 0 radical (unpaired) electrons. The predicted octanol–water partition coefficient (Wildman–Crippen LogP) is 2.94. The Labute approximate surface area is 150 Å². The highest BCUT2D eigenvalue weighted by molar-refractivity contribution is 5.36. The molecule has 134 valence electrons. The molecule has 1 saturated carbocycles. The van der Waals surface area contributed by atoms with E-state index >= 15 is 0 Å². The fraction of sp³-hybridized carbons (Fsp3) is 0.700. The van der Waals surface area contributed by atoms with Crippen LogP contribution in [-0.2, 0) is 11.2 Å². The van der Waals surface area contributed by atoms with Crippen LogP contribution in [0.25, 0.3) is 0 Å². The third-order valence-corrected chi connectivity index (χ3v) is 5.42. The Morgan fingerprint density at radius 3 is 2.96 bits per heavy atom. The van der Waals surface area contributed by atoms with Crippen molar-refractivity contribution < 1.29 is 18.7 Å². The maximum Gasteiger partial charge on any atom is 0.122 e. The molecule has 2 fully saturated rings. The zero-order valence-corrected chi connectivity index (χ0v) is 14.5. The van der Waals surface area contributed by atoms with E-state index in [1.54, 1.807) is 6.07 Å². The van der Waals surface area contributed by atoms with Gasteiger partial charge >= 0.3 is 0 Å². The quantitative estimate of drug-likeness (QED) is 0.867. The first-order chi connectivity index (χ1) is 12.8. The third kappa shape index (κ3) is 4.29. The van der Waals surface area contributed by atoms with Crippen LogP contribution in [0.5, 0.6) is 5.75 Å². The molecule has 24 heavy (non-hydrogen) atoms. The van der Waals surface area contributed by atoms with Crippen molar-refractivity contribution >= 4 is 0 Å². The molecule has 1 heterocycles. The van der Waals surface area contributed by atoms with Gasteiger partial charge in [-0.25, -0.2) is 0 Å². The highest BCUT2D eigenvalue weighted by Gasteiger charge is 2.34. The number of methoxy groups -OCH3 is 1. The molecule has 4 heteroatoms. The minimum atomic E-state index is -2.44. The summed E-state index contributed by atoms with van der Waals surface area (Å²) in [7, 11) is -2.44. The lowest BCUT2D eigenvalue weighted by atomic mass is 9.91. The van der Waals surface area contributed by atoms with E-state index in [2.05, 4.69) is 4.90 Å². The van der Waals surface area contributed by atoms with Gasteiger partial charge in [-0.3, -0.25) is 4.90 Å². The third-order valence-electron chi connectivity index (χ3n) is 5.42. The monoisotopic (exact) mass is 336 g/mol. The molecule has 3 atom stereocenters. The van der Waals surface area contributed by atoms with Gasteiger partial charge in [-0.2, -0.15) is 0 Å². The number of rotatable bonds is 6. The fourth-order valence-corrected chi connectivity index (χ4v) is 4.00. The normalized spacial score (nSPS) is 30.6. The van der Waals surface area contributed by atoms with E-state index < -0.39 is 7.04 Å². The van der Waals surface area contributed by atoms with Crippen molar-refractivity contribution in [2.75, 3.05) is 26.7 Å². The zero-order chi connectivity index (χ0) is 19.4. The van der Waals surface area contributed by atoms with Crippen LogP contribution in [0, 0.1) is 6.92 Å². The average Bonchev–Trinajstić information content (AvgIpc) is 3.03. The summed E-state index contributed by atoms with van der Waals surface area (Å²) in [6.45, 7) is 4.17. The summed E-state index contributed by atoms with van der Waals surface area (Å²) >= 11 is 0. The largest absolute Gasteiger partial charge is 0.496 e. The lowest BCUT2D eigenvalue weighted by molar-refractivity contribution is -0.0316. The van der Waals surface area contributed by atoms with E-state index in [0.29, 0.717) is 18.4 Å². The second-order valence-corrected chi connectivity index (χ2v) is 7.15. The van der Waals surface area contributed by atoms with E-state index in [4.69, 9.17) is 13.6 Å². The van der Waals surface area contributed by atoms with Crippen molar-refractivity contribution in [3.63, 3.8) is 0 Å². The van der Waals surface area contributed by atoms with Gasteiger partial charge in [-0.15, -0.1) is 0 Å². The van der Waals surface area contributed by atoms with Crippen LogP contribution in [0.2, 0.25) is 0 Å². The Balaban J connectivity index is 1.54. The first kappa shape index (κ1) is 14.1. The van der Waals surface area contributed by atoms with Gasteiger partial charge in [0.2, 0.25) is 0 Å². The standard InChI is InChI=1S/C20H31NO3/c1-15-7-8-16(13-20(15)23-2)10-12-24-19-6-4-3-5-18(19)21-11-9-17(22)14-21/h7-8,13,17-19,22H,3-6,9-12,14H2,1-2H3/t17-,18?,19+/m1/s1/i2D3. The van der Waals surface area contributed by atoms with Crippen LogP contribution in [0.3, 0.4) is 0 Å². The molecule has 1 aliphatic carbocycles. The maximum atomic E-state index is 9.84. The predicted molar refractivity (Wildman–Crippen MR) is 95.6 cm³/mol. The molecule has 1 N–H and O–H groups in total. The molecule has 1 aromatic rings. The van der Waals surface area contributed by atoms with Gasteiger partial charge in [0.25, 0.3) is 0 Å². The topological polar surface area (TPSA) is 41.9 Å². The number of nitrogens with zero attached hydrogens (tertiary/aromatic N) is 1. The van der Waals surface area contributed by atoms with Gasteiger partial charge in [-0.1, -0.05) is 25.0 Å². The van der Waals surface area contributed by atoms with Crippen molar-refractivity contribution in [1.29, 1.82) is 0 Å². The minimum Gasteiger partial charge on any atom is -0.496 e. The van der Waals surface area contributed by atoms with Gasteiger partial charge in [0.15, 0.2) is 0 Å². The Kier molecular flexibility index (Phi) is 4.89. The Morgan fingerprint density at radius 1 is 1.29 bits per heavy atom. The summed E-state index contributed by atoms with van der Waals surface area (Å²) < 4.78 is 33.2. The highest BCUT2D eigenvalue weighted by Crippen LogP contribution is 2.28. The number of hydrogen-bond donors (Lipinski definition) is 1. The Bertz CT molecular complexity index is 623. The smallest absolute Gasteiger partial charge is 0.122 e. The van der Waals surface area contributed by atoms with E-state index in [-0.39, 0.29) is 12.2 Å². The van der Waals surface area contributed by atoms with Crippen molar-refractivity contribution in [1.82, 2.24) is 4.90 Å². The minimum absolute atomic E-state index is 0.197. The van der Waals surface area contributed by atoms with E-state index in [9.17, 15) is 5.11 Å². The van der Waals surface area contributed by atoms with Crippen LogP contribution in [-0.4, -0.2) is 55.0 Å². The first-order valence-electron chi connectivity index (χ1n) is 10.6. The summed E-state index contributed by atoms with van der Waals surface area (Å²) in [6.07, 6.45) is 6.23. The molecular formula is C20H31NO3. The molecule has 1 aromatic carbocycles. The fourth-order valence-electron chi connectivity index (χ4n) is 4.00. The summed E-state index contributed by atoms with van der Waals surface area (Å²) in [5.74, 6) is 0.411. The number of aliphatic hydroxyl groups is 1. The van der Waals surface area contributed by atoms with Gasteiger partial charge < -0.3 is 14.6 Å². The van der Waals surface area contributed by atoms with E-state index in [1.165, 1.54) is 12.8 Å². The summed E-state index contributed by atoms with van der Waals surface area (Å²) in [6, 6.07) is 6.11. The zero-order valence-electron chi connectivity index (χ0n) is 17.5. The molecule has 4 nitrogen and oxygen atoms in total. The average molecular weight is 336 g/mol. The van der Waals surface area contributed by atoms with Crippen molar-refractivity contribution in [2.45, 2.75) is 63.7 Å². The molecule has 0 amide bonds. The molecule has 1 unspecified atom stereocenters. The number of hydrogen-bond acceptors (Lipinski definition) is 4. The second kappa shape index (κ2) is 8.32. The van der Waals surface area contributed by atoms with Crippen LogP contribution >= 0.6 is 0 Å². The summed E-state index contributed by atoms with van der Waals surface area (Å²) in [5, 5.41) is 9.84. The molecule has 0 bridgehead atoms. The molecule has 1 aliphatic heterocycles. The van der Waals surface area contributed by atoms with Crippen molar-refractivity contribution in [3.8, 4) is 5.75 Å². The van der Waals surface area contributed by atoms with Gasteiger partial charge in [0.05, 0.1) is 30.0 Å². The SMILES string of the molecule is [2H]C([2H])([2H])Oc1cc(CCO[C@H]2CCCCC2N2CC[C@@H](O)C2)ccc1C. The molecule has 0 aromatic heterocycles. The Hall–Kier alpha value is -1.10. The number of aryl methyl sites for hydroxylation is 1. The number of ether oxygens (including phenoxy) is 2. The highest BCUT2D eigenvalue weighted by atomic mass is 16.5. The van der Waals surface area contributed by atoms with Crippen LogP contribution in [0.1, 0.15) is 47.3 Å². The molecule has 1 saturated heterocycles. The van der Waals surface area contributed by atoms with E-state index in [1.807, 2.05) is 19.1 Å². The number of benzene rings is 1. The molecule has 3 rings (SSSR count). The summed E-state index contributed by atoms with van der Waals surface area (Å²) in [4.78, 5) is 2.39. The number of aliphatic hydroxyl groups excluding tert-OH is 1. The second-order valence-electron chi connectivity index (χ2n) is 7.15. The van der Waals surface area contributed by atoms with E-state index in [0.717, 1.165) is 49.9 Å². The molecule has 2 aliphatic rings. The number of β-amino-alcohol motifs (C(OH)–C–C–N with tert-alkyl or cyclic N) is 1. The molecule has 0 spiro atoms. The Morgan fingerprint density at radius 2 is 2.17 bits per heavy atom. The van der Waals surface area contributed by atoms with Crippen molar-refractivity contribution in [2.24, 2.45) is 0 Å². The van der Waals surface area contributed by atoms with Crippen LogP contribution in [0.15, 0.2) is 18.2 Å². The van der Waals surface area contributed by atoms with Gasteiger partial charge in [0, 0.05) is 19.1 Å².